The Hall–Kier alpha value is -0.940. The molecule has 0 amide bonds. The fourth-order valence-electron chi connectivity index (χ4n) is 1.11. The SMILES string of the molecule is Cc1ncc(CN(C)CCC(=O)O)s1. The number of hydrogen-bond donors (Lipinski definition) is 1. The summed E-state index contributed by atoms with van der Waals surface area (Å²) < 4.78 is 0. The molecular formula is C9H14N2O2S. The van der Waals surface area contributed by atoms with E-state index in [-0.39, 0.29) is 6.42 Å². The predicted molar refractivity (Wildman–Crippen MR) is 55.4 cm³/mol. The number of aryl methyl sites for hydroxylation is 1. The van der Waals surface area contributed by atoms with Crippen molar-refractivity contribution in [3.63, 3.8) is 0 Å². The zero-order chi connectivity index (χ0) is 10.6. The maximum Gasteiger partial charge on any atom is 0.304 e. The van der Waals surface area contributed by atoms with E-state index >= 15 is 0 Å². The van der Waals surface area contributed by atoms with Gasteiger partial charge in [0, 0.05) is 24.2 Å². The van der Waals surface area contributed by atoms with Crippen molar-refractivity contribution in [1.29, 1.82) is 0 Å². The Kier molecular flexibility index (Phi) is 4.03. The molecule has 1 aromatic rings. The molecule has 78 valence electrons. The molecule has 0 aliphatic rings. The second kappa shape index (κ2) is 5.07. The Bertz CT molecular complexity index is 312. The first-order valence-corrected chi connectivity index (χ1v) is 5.21. The summed E-state index contributed by atoms with van der Waals surface area (Å²) in [5.41, 5.74) is 0. The van der Waals surface area contributed by atoms with Crippen LogP contribution in [-0.2, 0) is 11.3 Å². The van der Waals surface area contributed by atoms with Crippen LogP contribution in [0.5, 0.6) is 0 Å². The Morgan fingerprint density at radius 3 is 2.93 bits per heavy atom. The van der Waals surface area contributed by atoms with Crippen LogP contribution in [0.4, 0.5) is 0 Å². The van der Waals surface area contributed by atoms with Gasteiger partial charge in [0.2, 0.25) is 0 Å². The van der Waals surface area contributed by atoms with Gasteiger partial charge in [-0.2, -0.15) is 0 Å². The van der Waals surface area contributed by atoms with E-state index in [9.17, 15) is 4.79 Å². The zero-order valence-corrected chi connectivity index (χ0v) is 9.17. The second-order valence-corrected chi connectivity index (χ2v) is 4.55. The van der Waals surface area contributed by atoms with Crippen LogP contribution < -0.4 is 0 Å². The smallest absolute Gasteiger partial charge is 0.304 e. The number of nitrogens with zero attached hydrogens (tertiary/aromatic N) is 2. The third-order valence-electron chi connectivity index (χ3n) is 1.80. The number of aromatic nitrogens is 1. The molecule has 4 nitrogen and oxygen atoms in total. The summed E-state index contributed by atoms with van der Waals surface area (Å²) in [6, 6.07) is 0. The Labute approximate surface area is 87.2 Å². The number of aliphatic carboxylic acids is 1. The molecule has 0 bridgehead atoms. The van der Waals surface area contributed by atoms with E-state index in [1.165, 1.54) is 4.88 Å². The summed E-state index contributed by atoms with van der Waals surface area (Å²) in [5.74, 6) is -0.752. The fourth-order valence-corrected chi connectivity index (χ4v) is 1.99. The van der Waals surface area contributed by atoms with E-state index < -0.39 is 5.97 Å². The Morgan fingerprint density at radius 1 is 1.71 bits per heavy atom. The van der Waals surface area contributed by atoms with Gasteiger partial charge in [-0.3, -0.25) is 4.79 Å². The van der Waals surface area contributed by atoms with E-state index in [4.69, 9.17) is 5.11 Å². The summed E-state index contributed by atoms with van der Waals surface area (Å²) in [6.45, 7) is 3.32. The lowest BCUT2D eigenvalue weighted by Gasteiger charge is -2.13. The number of carbonyl (C=O) groups is 1. The summed E-state index contributed by atoms with van der Waals surface area (Å²) in [6.07, 6.45) is 2.03. The van der Waals surface area contributed by atoms with Gasteiger partial charge in [0.25, 0.3) is 0 Å². The largest absolute Gasteiger partial charge is 0.481 e. The molecule has 0 aliphatic heterocycles. The molecule has 0 radical (unpaired) electrons. The minimum absolute atomic E-state index is 0.189. The number of rotatable bonds is 5. The topological polar surface area (TPSA) is 53.4 Å². The van der Waals surface area contributed by atoms with Crippen molar-refractivity contribution in [2.75, 3.05) is 13.6 Å². The van der Waals surface area contributed by atoms with Crippen molar-refractivity contribution in [3.05, 3.63) is 16.1 Å². The number of carboxylic acids is 1. The molecule has 5 heteroatoms. The number of thiazole rings is 1. The van der Waals surface area contributed by atoms with Crippen molar-refractivity contribution in [2.45, 2.75) is 19.9 Å². The van der Waals surface area contributed by atoms with Crippen LogP contribution in [0.25, 0.3) is 0 Å². The molecule has 0 fully saturated rings. The first-order chi connectivity index (χ1) is 6.58. The van der Waals surface area contributed by atoms with Crippen LogP contribution in [0.1, 0.15) is 16.3 Å². The molecule has 0 saturated heterocycles. The van der Waals surface area contributed by atoms with Crippen LogP contribution in [0.3, 0.4) is 0 Å². The van der Waals surface area contributed by atoms with Gasteiger partial charge >= 0.3 is 5.97 Å². The van der Waals surface area contributed by atoms with E-state index in [2.05, 4.69) is 4.98 Å². The minimum atomic E-state index is -0.752. The average molecular weight is 214 g/mol. The van der Waals surface area contributed by atoms with Crippen LogP contribution in [0.15, 0.2) is 6.20 Å². The van der Waals surface area contributed by atoms with Gasteiger partial charge in [-0.05, 0) is 14.0 Å². The van der Waals surface area contributed by atoms with Gasteiger partial charge in [0.1, 0.15) is 0 Å². The van der Waals surface area contributed by atoms with Gasteiger partial charge < -0.3 is 10.0 Å². The van der Waals surface area contributed by atoms with E-state index in [1.54, 1.807) is 11.3 Å². The van der Waals surface area contributed by atoms with Crippen molar-refractivity contribution in [1.82, 2.24) is 9.88 Å². The highest BCUT2D eigenvalue weighted by Crippen LogP contribution is 2.13. The molecule has 0 aromatic carbocycles. The lowest BCUT2D eigenvalue weighted by molar-refractivity contribution is -0.137. The summed E-state index contributed by atoms with van der Waals surface area (Å²) >= 11 is 1.65. The average Bonchev–Trinajstić information content (AvgIpc) is 2.48. The molecule has 1 N–H and O–H groups in total. The highest BCUT2D eigenvalue weighted by atomic mass is 32.1. The quantitative estimate of drug-likeness (QED) is 0.804. The van der Waals surface area contributed by atoms with E-state index in [0.29, 0.717) is 6.54 Å². The summed E-state index contributed by atoms with van der Waals surface area (Å²) in [5, 5.41) is 9.54. The van der Waals surface area contributed by atoms with Gasteiger partial charge in [-0.15, -0.1) is 11.3 Å². The number of hydrogen-bond acceptors (Lipinski definition) is 4. The Balaban J connectivity index is 2.33. The lowest BCUT2D eigenvalue weighted by atomic mass is 10.4. The van der Waals surface area contributed by atoms with Gasteiger partial charge in [0.05, 0.1) is 11.4 Å². The van der Waals surface area contributed by atoms with Crippen LogP contribution in [-0.4, -0.2) is 34.6 Å². The molecule has 0 unspecified atom stereocenters. The maximum atomic E-state index is 10.3. The van der Waals surface area contributed by atoms with Crippen molar-refractivity contribution in [2.24, 2.45) is 0 Å². The first kappa shape index (κ1) is 11.1. The van der Waals surface area contributed by atoms with E-state index in [0.717, 1.165) is 11.6 Å². The molecular weight excluding hydrogens is 200 g/mol. The molecule has 1 aromatic heterocycles. The second-order valence-electron chi connectivity index (χ2n) is 3.23. The molecule has 1 heterocycles. The molecule has 0 spiro atoms. The third-order valence-corrected chi connectivity index (χ3v) is 2.70. The zero-order valence-electron chi connectivity index (χ0n) is 8.36. The normalized spacial score (nSPS) is 10.8. The summed E-state index contributed by atoms with van der Waals surface area (Å²) in [4.78, 5) is 17.6. The predicted octanol–water partition coefficient (Wildman–Crippen LogP) is 1.36. The Morgan fingerprint density at radius 2 is 2.43 bits per heavy atom. The maximum absolute atomic E-state index is 10.3. The van der Waals surface area contributed by atoms with Crippen LogP contribution >= 0.6 is 11.3 Å². The van der Waals surface area contributed by atoms with Crippen molar-refractivity contribution < 1.29 is 9.90 Å². The van der Waals surface area contributed by atoms with Gasteiger partial charge in [0.15, 0.2) is 0 Å². The van der Waals surface area contributed by atoms with Crippen molar-refractivity contribution >= 4 is 17.3 Å². The highest BCUT2D eigenvalue weighted by Gasteiger charge is 2.05. The van der Waals surface area contributed by atoms with Crippen molar-refractivity contribution in [3.8, 4) is 0 Å². The monoisotopic (exact) mass is 214 g/mol. The lowest BCUT2D eigenvalue weighted by Crippen LogP contribution is -2.20. The third kappa shape index (κ3) is 3.85. The molecule has 0 saturated carbocycles. The minimum Gasteiger partial charge on any atom is -0.481 e. The van der Waals surface area contributed by atoms with Gasteiger partial charge in [-0.25, -0.2) is 4.98 Å². The first-order valence-electron chi connectivity index (χ1n) is 4.39. The highest BCUT2D eigenvalue weighted by molar-refractivity contribution is 7.11. The van der Waals surface area contributed by atoms with E-state index in [1.807, 2.05) is 25.1 Å². The molecule has 14 heavy (non-hydrogen) atoms. The molecule has 0 atom stereocenters. The fraction of sp³-hybridized carbons (Fsp3) is 0.556. The van der Waals surface area contributed by atoms with Crippen LogP contribution in [0, 0.1) is 6.92 Å². The van der Waals surface area contributed by atoms with Gasteiger partial charge in [-0.1, -0.05) is 0 Å². The van der Waals surface area contributed by atoms with Crippen LogP contribution in [0.2, 0.25) is 0 Å². The molecule has 0 aliphatic carbocycles. The summed E-state index contributed by atoms with van der Waals surface area (Å²) in [7, 11) is 1.91. The standard InChI is InChI=1S/C9H14N2O2S/c1-7-10-5-8(14-7)6-11(2)4-3-9(12)13/h5H,3-4,6H2,1-2H3,(H,12,13). The molecule has 1 rings (SSSR count). The number of carboxylic acid groups (broad SMARTS) is 1.